The zero-order valence-electron chi connectivity index (χ0n) is 10.1. The summed E-state index contributed by atoms with van der Waals surface area (Å²) in [6.07, 6.45) is 0. The first-order chi connectivity index (χ1) is 9.52. The highest BCUT2D eigenvalue weighted by atomic mass is 16.6. The molecule has 0 amide bonds. The van der Waals surface area contributed by atoms with E-state index >= 15 is 0 Å². The predicted octanol–water partition coefficient (Wildman–Crippen LogP) is 2.92. The fraction of sp³-hybridized carbons (Fsp3) is 0. The number of nitro benzene ring substituents is 2. The van der Waals surface area contributed by atoms with Crippen molar-refractivity contribution in [3.8, 4) is 0 Å². The Labute approximate surface area is 113 Å². The van der Waals surface area contributed by atoms with Crippen molar-refractivity contribution in [1.29, 1.82) is 5.41 Å². The number of nitrogens with one attached hydrogen (secondary N) is 1. The number of para-hydroxylation sites is 1. The van der Waals surface area contributed by atoms with Gasteiger partial charge in [0.2, 0.25) is 0 Å². The molecule has 100 valence electrons. The molecule has 0 bridgehead atoms. The summed E-state index contributed by atoms with van der Waals surface area (Å²) in [5, 5.41) is 30.0. The van der Waals surface area contributed by atoms with Crippen molar-refractivity contribution in [1.82, 2.24) is 0 Å². The van der Waals surface area contributed by atoms with E-state index in [1.165, 1.54) is 12.1 Å². The van der Waals surface area contributed by atoms with E-state index in [1.807, 2.05) is 0 Å². The van der Waals surface area contributed by atoms with Crippen LogP contribution < -0.4 is 0 Å². The van der Waals surface area contributed by atoms with Gasteiger partial charge in [0.1, 0.15) is 0 Å². The molecule has 0 unspecified atom stereocenters. The third-order valence-electron chi connectivity index (χ3n) is 2.73. The Morgan fingerprint density at radius 1 is 0.900 bits per heavy atom. The smallest absolute Gasteiger partial charge is 0.299 e. The molecule has 0 aliphatic carbocycles. The van der Waals surface area contributed by atoms with Gasteiger partial charge in [-0.25, -0.2) is 0 Å². The Balaban J connectivity index is 2.63. The Morgan fingerprint density at radius 2 is 1.55 bits per heavy atom. The van der Waals surface area contributed by atoms with Crippen LogP contribution in [0.15, 0.2) is 48.5 Å². The molecule has 0 aliphatic heterocycles. The number of nitro groups is 2. The first kappa shape index (κ1) is 13.3. The van der Waals surface area contributed by atoms with Gasteiger partial charge >= 0.3 is 11.4 Å². The largest absolute Gasteiger partial charge is 0.355 e. The van der Waals surface area contributed by atoms with Crippen LogP contribution in [0.5, 0.6) is 0 Å². The van der Waals surface area contributed by atoms with Crippen LogP contribution in [0.3, 0.4) is 0 Å². The van der Waals surface area contributed by atoms with Gasteiger partial charge in [-0.15, -0.1) is 0 Å². The van der Waals surface area contributed by atoms with Crippen molar-refractivity contribution < 1.29 is 9.85 Å². The maximum Gasteiger partial charge on any atom is 0.355 e. The van der Waals surface area contributed by atoms with Gasteiger partial charge in [0.05, 0.1) is 21.1 Å². The normalized spacial score (nSPS) is 10.0. The van der Waals surface area contributed by atoms with E-state index in [4.69, 9.17) is 5.41 Å². The van der Waals surface area contributed by atoms with Crippen molar-refractivity contribution >= 4 is 17.1 Å². The van der Waals surface area contributed by atoms with Gasteiger partial charge in [-0.2, -0.15) is 0 Å². The van der Waals surface area contributed by atoms with Crippen LogP contribution in [0.1, 0.15) is 11.1 Å². The molecule has 0 radical (unpaired) electrons. The average Bonchev–Trinajstić information content (AvgIpc) is 2.46. The van der Waals surface area contributed by atoms with Gasteiger partial charge in [-0.3, -0.25) is 25.6 Å². The van der Waals surface area contributed by atoms with Crippen molar-refractivity contribution in [2.45, 2.75) is 0 Å². The van der Waals surface area contributed by atoms with E-state index in [-0.39, 0.29) is 11.3 Å². The van der Waals surface area contributed by atoms with Crippen LogP contribution >= 0.6 is 0 Å². The Morgan fingerprint density at radius 3 is 2.10 bits per heavy atom. The van der Waals surface area contributed by atoms with Crippen molar-refractivity contribution in [2.75, 3.05) is 0 Å². The zero-order valence-corrected chi connectivity index (χ0v) is 10.1. The lowest BCUT2D eigenvalue weighted by atomic mass is 10.00. The standard InChI is InChI=1S/C13H9N3O4/c14-12(9-5-2-1-3-6-9)10-7-4-8-11(15(17)18)13(10)16(19)20/h1-8,14H. The molecule has 2 aromatic carbocycles. The lowest BCUT2D eigenvalue weighted by Gasteiger charge is -2.05. The Hall–Kier alpha value is -3.09. The predicted molar refractivity (Wildman–Crippen MR) is 72.1 cm³/mol. The minimum Gasteiger partial charge on any atom is -0.299 e. The molecule has 0 saturated carbocycles. The maximum absolute atomic E-state index is 11.1. The van der Waals surface area contributed by atoms with Crippen LogP contribution in [0.25, 0.3) is 0 Å². The average molecular weight is 271 g/mol. The molecule has 20 heavy (non-hydrogen) atoms. The number of rotatable bonds is 4. The van der Waals surface area contributed by atoms with Crippen molar-refractivity contribution in [3.05, 3.63) is 79.9 Å². The van der Waals surface area contributed by atoms with Gasteiger partial charge in [0.15, 0.2) is 0 Å². The highest BCUT2D eigenvalue weighted by molar-refractivity contribution is 6.13. The Bertz CT molecular complexity index is 698. The van der Waals surface area contributed by atoms with Gasteiger partial charge in [-0.1, -0.05) is 36.4 Å². The number of hydrogen-bond acceptors (Lipinski definition) is 5. The number of hydrogen-bond donors (Lipinski definition) is 1. The summed E-state index contributed by atoms with van der Waals surface area (Å²) in [5.41, 5.74) is -1.02. The fourth-order valence-corrected chi connectivity index (χ4v) is 1.83. The molecule has 0 spiro atoms. The zero-order chi connectivity index (χ0) is 14.7. The molecule has 0 saturated heterocycles. The molecule has 7 nitrogen and oxygen atoms in total. The lowest BCUT2D eigenvalue weighted by Crippen LogP contribution is -2.07. The topological polar surface area (TPSA) is 110 Å². The number of benzene rings is 2. The van der Waals surface area contributed by atoms with Crippen LogP contribution in [-0.4, -0.2) is 15.6 Å². The summed E-state index contributed by atoms with van der Waals surface area (Å²) < 4.78 is 0. The minimum absolute atomic E-state index is 0.0737. The van der Waals surface area contributed by atoms with Crippen LogP contribution in [0.4, 0.5) is 11.4 Å². The second kappa shape index (κ2) is 5.27. The van der Waals surface area contributed by atoms with Crippen LogP contribution in [0.2, 0.25) is 0 Å². The summed E-state index contributed by atoms with van der Waals surface area (Å²) >= 11 is 0. The van der Waals surface area contributed by atoms with E-state index in [0.717, 1.165) is 6.07 Å². The quantitative estimate of drug-likeness (QED) is 0.523. The molecule has 0 heterocycles. The second-order valence-electron chi connectivity index (χ2n) is 3.93. The molecule has 7 heteroatoms. The SMILES string of the molecule is N=C(c1ccccc1)c1cccc([N+](=O)[O-])c1[N+](=O)[O-]. The third kappa shape index (κ3) is 2.37. The van der Waals surface area contributed by atoms with Crippen LogP contribution in [-0.2, 0) is 0 Å². The molecule has 0 aliphatic rings. The molecule has 2 aromatic rings. The van der Waals surface area contributed by atoms with Gasteiger partial charge in [0.25, 0.3) is 0 Å². The van der Waals surface area contributed by atoms with E-state index in [9.17, 15) is 20.2 Å². The van der Waals surface area contributed by atoms with E-state index < -0.39 is 21.2 Å². The molecule has 2 rings (SSSR count). The summed E-state index contributed by atoms with van der Waals surface area (Å²) in [6.45, 7) is 0. The first-order valence-corrected chi connectivity index (χ1v) is 5.58. The molecule has 1 N–H and O–H groups in total. The summed E-state index contributed by atoms with van der Waals surface area (Å²) in [7, 11) is 0. The van der Waals surface area contributed by atoms with Crippen LogP contribution in [0, 0.1) is 25.6 Å². The highest BCUT2D eigenvalue weighted by Gasteiger charge is 2.30. The summed E-state index contributed by atoms with van der Waals surface area (Å²) in [4.78, 5) is 20.3. The van der Waals surface area contributed by atoms with Gasteiger partial charge in [-0.05, 0) is 6.07 Å². The molecule has 0 fully saturated rings. The lowest BCUT2D eigenvalue weighted by molar-refractivity contribution is -0.422. The van der Waals surface area contributed by atoms with E-state index in [1.54, 1.807) is 30.3 Å². The van der Waals surface area contributed by atoms with Crippen molar-refractivity contribution in [2.24, 2.45) is 0 Å². The molecule has 0 atom stereocenters. The maximum atomic E-state index is 11.1. The monoisotopic (exact) mass is 271 g/mol. The van der Waals surface area contributed by atoms with Crippen molar-refractivity contribution in [3.63, 3.8) is 0 Å². The second-order valence-corrected chi connectivity index (χ2v) is 3.93. The highest BCUT2D eigenvalue weighted by Crippen LogP contribution is 2.31. The minimum atomic E-state index is -0.828. The van der Waals surface area contributed by atoms with E-state index in [0.29, 0.717) is 5.56 Å². The molecular weight excluding hydrogens is 262 g/mol. The van der Waals surface area contributed by atoms with E-state index in [2.05, 4.69) is 0 Å². The first-order valence-electron chi connectivity index (χ1n) is 5.58. The fourth-order valence-electron chi connectivity index (χ4n) is 1.83. The third-order valence-corrected chi connectivity index (χ3v) is 2.73. The molecular formula is C13H9N3O4. The Kier molecular flexibility index (Phi) is 3.52. The molecule has 0 aromatic heterocycles. The number of nitrogens with zero attached hydrogens (tertiary/aromatic N) is 2. The summed E-state index contributed by atoms with van der Waals surface area (Å²) in [5.74, 6) is 0. The van der Waals surface area contributed by atoms with Gasteiger partial charge < -0.3 is 0 Å². The van der Waals surface area contributed by atoms with Gasteiger partial charge in [0, 0.05) is 11.6 Å². The summed E-state index contributed by atoms with van der Waals surface area (Å²) in [6, 6.07) is 12.1.